The molecule has 1 aliphatic heterocycles. The van der Waals surface area contributed by atoms with Gasteiger partial charge in [0.1, 0.15) is 24.1 Å². The van der Waals surface area contributed by atoms with Crippen LogP contribution in [0.3, 0.4) is 0 Å². The monoisotopic (exact) mass is 610 g/mol. The van der Waals surface area contributed by atoms with Crippen molar-refractivity contribution in [2.75, 3.05) is 11.9 Å². The molecule has 1 fully saturated rings. The largest absolute Gasteiger partial charge is 0.329 e. The van der Waals surface area contributed by atoms with E-state index in [4.69, 9.17) is 11.6 Å². The van der Waals surface area contributed by atoms with Crippen molar-refractivity contribution in [3.8, 4) is 22.3 Å². The van der Waals surface area contributed by atoms with E-state index in [1.807, 2.05) is 12.1 Å². The summed E-state index contributed by atoms with van der Waals surface area (Å²) in [5.74, 6) is -1.01. The number of carbonyl (C=O) groups excluding carboxylic acids is 3. The quantitative estimate of drug-likeness (QED) is 0.223. The zero-order valence-electron chi connectivity index (χ0n) is 24.1. The van der Waals surface area contributed by atoms with Gasteiger partial charge in [-0.25, -0.2) is 14.4 Å². The fraction of sp³-hybridized carbons (Fsp3) is 0.212. The first-order chi connectivity index (χ1) is 21.2. The van der Waals surface area contributed by atoms with E-state index in [0.717, 1.165) is 11.1 Å². The molecule has 2 aromatic heterocycles. The average Bonchev–Trinajstić information content (AvgIpc) is 3.65. The summed E-state index contributed by atoms with van der Waals surface area (Å²) in [7, 11) is 0. The Bertz CT molecular complexity index is 1920. The lowest BCUT2D eigenvalue weighted by atomic mass is 10.0. The van der Waals surface area contributed by atoms with Crippen molar-refractivity contribution in [1.29, 1.82) is 0 Å². The number of aromatic nitrogens is 4. The third kappa shape index (κ3) is 5.56. The second-order valence-electron chi connectivity index (χ2n) is 10.7. The summed E-state index contributed by atoms with van der Waals surface area (Å²) in [6.07, 6.45) is 4.47. The predicted molar refractivity (Wildman–Crippen MR) is 166 cm³/mol. The number of hydrogen-bond donors (Lipinski definition) is 1. The molecule has 1 atom stereocenters. The third-order valence-corrected chi connectivity index (χ3v) is 8.11. The van der Waals surface area contributed by atoms with Gasteiger partial charge in [-0.15, -0.1) is 0 Å². The van der Waals surface area contributed by atoms with E-state index in [0.29, 0.717) is 46.7 Å². The molecule has 0 bridgehead atoms. The zero-order valence-corrected chi connectivity index (χ0v) is 24.8. The van der Waals surface area contributed by atoms with E-state index in [2.05, 4.69) is 20.4 Å². The normalized spacial score (nSPS) is 14.6. The summed E-state index contributed by atoms with van der Waals surface area (Å²) in [5.41, 5.74) is 3.23. The summed E-state index contributed by atoms with van der Waals surface area (Å²) in [6.45, 7) is 3.43. The van der Waals surface area contributed by atoms with Crippen molar-refractivity contribution in [2.45, 2.75) is 39.3 Å². The Morgan fingerprint density at radius 2 is 1.75 bits per heavy atom. The first-order valence-electron chi connectivity index (χ1n) is 14.2. The molecule has 1 N–H and O–H groups in total. The van der Waals surface area contributed by atoms with E-state index >= 15 is 4.39 Å². The number of likely N-dealkylation sites (tertiary alicyclic amines) is 1. The number of amides is 2. The van der Waals surface area contributed by atoms with Crippen molar-refractivity contribution in [3.63, 3.8) is 0 Å². The average molecular weight is 611 g/mol. The van der Waals surface area contributed by atoms with Gasteiger partial charge in [-0.3, -0.25) is 19.1 Å². The van der Waals surface area contributed by atoms with Crippen molar-refractivity contribution in [1.82, 2.24) is 24.6 Å². The molecule has 0 aliphatic carbocycles. The second kappa shape index (κ2) is 12.0. The minimum atomic E-state index is -0.784. The number of rotatable bonds is 7. The van der Waals surface area contributed by atoms with Crippen molar-refractivity contribution in [2.24, 2.45) is 0 Å². The molecule has 6 rings (SSSR count). The molecule has 5 aromatic rings. The molecule has 3 heterocycles. The topological polar surface area (TPSA) is 110 Å². The van der Waals surface area contributed by atoms with Crippen LogP contribution in [-0.4, -0.2) is 54.8 Å². The van der Waals surface area contributed by atoms with Crippen molar-refractivity contribution in [3.05, 3.63) is 95.4 Å². The molecule has 1 saturated heterocycles. The van der Waals surface area contributed by atoms with Crippen LogP contribution in [0.5, 0.6) is 0 Å². The maximum absolute atomic E-state index is 15.5. The molecule has 0 radical (unpaired) electrons. The highest BCUT2D eigenvalue weighted by Crippen LogP contribution is 2.33. The molecule has 11 heteroatoms. The molecule has 2 amide bonds. The molecule has 3 aromatic carbocycles. The highest BCUT2D eigenvalue weighted by atomic mass is 35.5. The van der Waals surface area contributed by atoms with Gasteiger partial charge in [0.2, 0.25) is 11.8 Å². The number of carbonyl (C=O) groups is 3. The number of fused-ring (bicyclic) bond motifs is 1. The lowest BCUT2D eigenvalue weighted by Crippen LogP contribution is -2.44. The van der Waals surface area contributed by atoms with E-state index in [-0.39, 0.29) is 35.2 Å². The Balaban J connectivity index is 1.23. The number of aryl methyl sites for hydroxylation is 1. The van der Waals surface area contributed by atoms with Gasteiger partial charge in [0.25, 0.3) is 0 Å². The molecular weight excluding hydrogens is 583 g/mol. The van der Waals surface area contributed by atoms with Gasteiger partial charge in [0.05, 0.1) is 11.2 Å². The molecule has 9 nitrogen and oxygen atoms in total. The molecule has 0 spiro atoms. The number of ketones is 1. The maximum Gasteiger partial charge on any atom is 0.247 e. The van der Waals surface area contributed by atoms with Crippen LogP contribution in [-0.2, 0) is 16.1 Å². The number of halogens is 2. The standard InChI is InChI=1S/C33H28ClFN6O3/c1-19(42)32-25-15-21(22-16-36-20(2)37-17-22)12-13-28(25)41(39-32)18-30(43)40-14-6-11-29(40)33(44)38-27-10-5-8-24(31(27)35)23-7-3-4-9-26(23)34/h3-5,7-10,12-13,15-17,29H,6,11,14,18H2,1-2H3,(H,38,44). The van der Waals surface area contributed by atoms with Gasteiger partial charge in [0, 0.05) is 53.0 Å². The summed E-state index contributed by atoms with van der Waals surface area (Å²) in [6, 6.07) is 16.3. The number of nitrogens with zero attached hydrogens (tertiary/aromatic N) is 5. The predicted octanol–water partition coefficient (Wildman–Crippen LogP) is 6.09. The molecular formula is C33H28ClFN6O3. The number of benzene rings is 3. The third-order valence-electron chi connectivity index (χ3n) is 7.78. The van der Waals surface area contributed by atoms with Gasteiger partial charge in [0.15, 0.2) is 11.6 Å². The number of nitrogens with one attached hydrogen (secondary N) is 1. The minimum Gasteiger partial charge on any atom is -0.329 e. The fourth-order valence-corrected chi connectivity index (χ4v) is 5.81. The summed E-state index contributed by atoms with van der Waals surface area (Å²) in [4.78, 5) is 49.4. The second-order valence-corrected chi connectivity index (χ2v) is 11.1. The summed E-state index contributed by atoms with van der Waals surface area (Å²) < 4.78 is 17.0. The van der Waals surface area contributed by atoms with Gasteiger partial charge in [-0.1, -0.05) is 48.0 Å². The molecule has 44 heavy (non-hydrogen) atoms. The number of anilines is 1. The number of hydrogen-bond acceptors (Lipinski definition) is 6. The van der Waals surface area contributed by atoms with Crippen LogP contribution >= 0.6 is 11.6 Å². The first-order valence-corrected chi connectivity index (χ1v) is 14.5. The lowest BCUT2D eigenvalue weighted by Gasteiger charge is -2.24. The smallest absolute Gasteiger partial charge is 0.247 e. The SMILES string of the molecule is CC(=O)c1nn(CC(=O)N2CCCC2C(=O)Nc2cccc(-c3ccccc3Cl)c2F)c2ccc(-c3cnc(C)nc3)cc12. The molecule has 0 saturated carbocycles. The van der Waals surface area contributed by atoms with E-state index in [1.54, 1.807) is 61.8 Å². The maximum atomic E-state index is 15.5. The van der Waals surface area contributed by atoms with Crippen LogP contribution < -0.4 is 5.32 Å². The number of Topliss-reactive ketones (excluding diaryl/α,β-unsaturated/α-hetero) is 1. The van der Waals surface area contributed by atoms with Gasteiger partial charge in [-0.05, 0) is 49.6 Å². The Morgan fingerprint density at radius 3 is 2.50 bits per heavy atom. The Kier molecular flexibility index (Phi) is 7.92. The fourth-order valence-electron chi connectivity index (χ4n) is 5.57. The van der Waals surface area contributed by atoms with E-state index in [9.17, 15) is 14.4 Å². The van der Waals surface area contributed by atoms with Crippen LogP contribution in [0.1, 0.15) is 36.1 Å². The zero-order chi connectivity index (χ0) is 31.0. The Morgan fingerprint density at radius 1 is 1.00 bits per heavy atom. The van der Waals surface area contributed by atoms with Crippen LogP contribution in [0, 0.1) is 12.7 Å². The highest BCUT2D eigenvalue weighted by molar-refractivity contribution is 6.33. The van der Waals surface area contributed by atoms with Gasteiger partial charge in [-0.2, -0.15) is 5.10 Å². The first kappa shape index (κ1) is 29.1. The van der Waals surface area contributed by atoms with E-state index < -0.39 is 17.8 Å². The van der Waals surface area contributed by atoms with Crippen LogP contribution in [0.4, 0.5) is 10.1 Å². The summed E-state index contributed by atoms with van der Waals surface area (Å²) in [5, 5.41) is 8.14. The molecule has 1 unspecified atom stereocenters. The lowest BCUT2D eigenvalue weighted by molar-refractivity contribution is -0.137. The molecule has 222 valence electrons. The van der Waals surface area contributed by atoms with Crippen molar-refractivity contribution < 1.29 is 18.8 Å². The van der Waals surface area contributed by atoms with E-state index in [1.165, 1.54) is 22.6 Å². The summed E-state index contributed by atoms with van der Waals surface area (Å²) >= 11 is 6.28. The van der Waals surface area contributed by atoms with Crippen LogP contribution in [0.2, 0.25) is 5.02 Å². The van der Waals surface area contributed by atoms with Crippen molar-refractivity contribution >= 4 is 45.8 Å². The van der Waals surface area contributed by atoms with Crippen LogP contribution in [0.25, 0.3) is 33.2 Å². The van der Waals surface area contributed by atoms with Gasteiger partial charge >= 0.3 is 0 Å². The minimum absolute atomic E-state index is 0.00525. The Labute approximate surface area is 257 Å². The van der Waals surface area contributed by atoms with Crippen LogP contribution in [0.15, 0.2) is 73.1 Å². The Hall–Kier alpha value is -4.96. The highest BCUT2D eigenvalue weighted by Gasteiger charge is 2.35. The molecule has 1 aliphatic rings. The van der Waals surface area contributed by atoms with Gasteiger partial charge < -0.3 is 10.2 Å².